The Bertz CT molecular complexity index is 1330. The van der Waals surface area contributed by atoms with Gasteiger partial charge in [0.05, 0.1) is 41.3 Å². The summed E-state index contributed by atoms with van der Waals surface area (Å²) in [4.78, 5) is 29.1. The molecule has 0 aliphatic rings. The second-order valence-corrected chi connectivity index (χ2v) is 8.03. The lowest BCUT2D eigenvalue weighted by molar-refractivity contribution is -0.141. The standard InChI is InChI=1S/C23H23ClF3N7O3/c1-3-8-34-13-16(19(32-34)23(25,26)27)18-12-30-20(33(18)2)22(36)31-14-4-5-15(17(24)11-14)21(35)29-7-10-37-9-6-28/h1,4-5,11-13H,6-10,28H2,2H3,(H,29,35)(H,31,36). The van der Waals surface area contributed by atoms with Gasteiger partial charge in [0.15, 0.2) is 11.5 Å². The zero-order valence-electron chi connectivity index (χ0n) is 19.6. The number of imidazole rings is 1. The first-order valence-electron chi connectivity index (χ1n) is 10.8. The van der Waals surface area contributed by atoms with Gasteiger partial charge in [-0.15, -0.1) is 6.42 Å². The van der Waals surface area contributed by atoms with Gasteiger partial charge in [-0.05, 0) is 18.2 Å². The maximum Gasteiger partial charge on any atom is 0.435 e. The van der Waals surface area contributed by atoms with Crippen molar-refractivity contribution >= 4 is 29.1 Å². The highest BCUT2D eigenvalue weighted by Crippen LogP contribution is 2.36. The normalized spacial score (nSPS) is 11.3. The summed E-state index contributed by atoms with van der Waals surface area (Å²) in [5, 5.41) is 8.82. The summed E-state index contributed by atoms with van der Waals surface area (Å²) in [6.07, 6.45) is 2.73. The first-order chi connectivity index (χ1) is 17.6. The number of hydrogen-bond acceptors (Lipinski definition) is 6. The molecule has 2 amide bonds. The maximum atomic E-state index is 13.5. The Kier molecular flexibility index (Phi) is 8.93. The van der Waals surface area contributed by atoms with Crippen molar-refractivity contribution in [3.05, 3.63) is 52.7 Å². The van der Waals surface area contributed by atoms with Gasteiger partial charge in [-0.1, -0.05) is 17.5 Å². The molecule has 0 saturated carbocycles. The van der Waals surface area contributed by atoms with Crippen molar-refractivity contribution < 1.29 is 27.5 Å². The predicted molar refractivity (Wildman–Crippen MR) is 130 cm³/mol. The molecule has 10 nitrogen and oxygen atoms in total. The highest BCUT2D eigenvalue weighted by atomic mass is 35.5. The highest BCUT2D eigenvalue weighted by Gasteiger charge is 2.38. The van der Waals surface area contributed by atoms with Crippen molar-refractivity contribution in [3.8, 4) is 23.6 Å². The number of nitrogens with one attached hydrogen (secondary N) is 2. The second kappa shape index (κ2) is 11.9. The largest absolute Gasteiger partial charge is 0.435 e. The molecule has 0 saturated heterocycles. The molecular formula is C23H23ClF3N7O3. The third-order valence-electron chi connectivity index (χ3n) is 5.02. The number of alkyl halides is 3. The van der Waals surface area contributed by atoms with Crippen LogP contribution in [0, 0.1) is 12.3 Å². The summed E-state index contributed by atoms with van der Waals surface area (Å²) in [7, 11) is 1.40. The van der Waals surface area contributed by atoms with Gasteiger partial charge in [-0.3, -0.25) is 14.3 Å². The molecule has 14 heteroatoms. The molecule has 2 aromatic heterocycles. The van der Waals surface area contributed by atoms with Crippen molar-refractivity contribution in [3.63, 3.8) is 0 Å². The summed E-state index contributed by atoms with van der Waals surface area (Å²) in [5.41, 5.74) is 4.34. The van der Waals surface area contributed by atoms with E-state index in [0.717, 1.165) is 17.1 Å². The van der Waals surface area contributed by atoms with Gasteiger partial charge in [0.2, 0.25) is 0 Å². The van der Waals surface area contributed by atoms with Gasteiger partial charge in [-0.2, -0.15) is 18.3 Å². The number of rotatable bonds is 10. The number of nitrogens with two attached hydrogens (primary N) is 1. The van der Waals surface area contributed by atoms with Crippen molar-refractivity contribution in [2.24, 2.45) is 12.8 Å². The lowest BCUT2D eigenvalue weighted by Crippen LogP contribution is -2.28. The lowest BCUT2D eigenvalue weighted by Gasteiger charge is -2.10. The van der Waals surface area contributed by atoms with Gasteiger partial charge < -0.3 is 25.7 Å². The number of carbonyl (C=O) groups excluding carboxylic acids is 2. The Labute approximate surface area is 214 Å². The molecule has 3 aromatic rings. The Morgan fingerprint density at radius 3 is 2.68 bits per heavy atom. The van der Waals surface area contributed by atoms with E-state index in [2.05, 4.69) is 26.6 Å². The monoisotopic (exact) mass is 537 g/mol. The topological polar surface area (TPSA) is 129 Å². The van der Waals surface area contributed by atoms with Crippen LogP contribution >= 0.6 is 11.6 Å². The summed E-state index contributed by atoms with van der Waals surface area (Å²) >= 11 is 6.21. The van der Waals surface area contributed by atoms with Crippen LogP contribution in [0.2, 0.25) is 5.02 Å². The Hall–Kier alpha value is -3.86. The van der Waals surface area contributed by atoms with Gasteiger partial charge in [-0.25, -0.2) is 4.98 Å². The zero-order valence-corrected chi connectivity index (χ0v) is 20.4. The van der Waals surface area contributed by atoms with E-state index in [4.69, 9.17) is 28.5 Å². The molecule has 3 rings (SSSR count). The van der Waals surface area contributed by atoms with Gasteiger partial charge in [0.25, 0.3) is 11.8 Å². The molecule has 0 unspecified atom stereocenters. The van der Waals surface area contributed by atoms with Crippen LogP contribution in [0.15, 0.2) is 30.6 Å². The van der Waals surface area contributed by atoms with Crippen LogP contribution in [0.4, 0.5) is 18.9 Å². The first-order valence-corrected chi connectivity index (χ1v) is 11.2. The maximum absolute atomic E-state index is 13.5. The molecule has 1 aromatic carbocycles. The van der Waals surface area contributed by atoms with Gasteiger partial charge >= 0.3 is 6.18 Å². The van der Waals surface area contributed by atoms with Crippen LogP contribution in [0.5, 0.6) is 0 Å². The average Bonchev–Trinajstić information content (AvgIpc) is 3.42. The minimum Gasteiger partial charge on any atom is -0.378 e. The molecule has 0 spiro atoms. The zero-order chi connectivity index (χ0) is 27.2. The minimum atomic E-state index is -4.75. The smallest absolute Gasteiger partial charge is 0.378 e. The number of hydrogen-bond donors (Lipinski definition) is 3. The fraction of sp³-hybridized carbons (Fsp3) is 0.304. The highest BCUT2D eigenvalue weighted by molar-refractivity contribution is 6.34. The number of aromatic nitrogens is 4. The number of anilines is 1. The van der Waals surface area contributed by atoms with E-state index < -0.39 is 23.7 Å². The lowest BCUT2D eigenvalue weighted by atomic mass is 10.2. The van der Waals surface area contributed by atoms with Crippen LogP contribution in [0.25, 0.3) is 11.3 Å². The van der Waals surface area contributed by atoms with Gasteiger partial charge in [0.1, 0.15) is 6.54 Å². The van der Waals surface area contributed by atoms with E-state index in [-0.39, 0.29) is 53.1 Å². The molecule has 196 valence electrons. The third-order valence-corrected chi connectivity index (χ3v) is 5.33. The van der Waals surface area contributed by atoms with E-state index in [0.29, 0.717) is 13.2 Å². The van der Waals surface area contributed by atoms with Crippen LogP contribution in [0.3, 0.4) is 0 Å². The van der Waals surface area contributed by atoms with Crippen LogP contribution in [-0.4, -0.2) is 57.4 Å². The van der Waals surface area contributed by atoms with Crippen LogP contribution in [-0.2, 0) is 24.5 Å². The fourth-order valence-electron chi connectivity index (χ4n) is 3.34. The summed E-state index contributed by atoms with van der Waals surface area (Å²) in [6.45, 7) is 1.13. The predicted octanol–water partition coefficient (Wildman–Crippen LogP) is 2.55. The molecule has 4 N–H and O–H groups in total. The van der Waals surface area contributed by atoms with Crippen LogP contribution < -0.4 is 16.4 Å². The molecule has 0 bridgehead atoms. The molecular weight excluding hydrogens is 515 g/mol. The van der Waals surface area contributed by atoms with Crippen molar-refractivity contribution in [1.82, 2.24) is 24.6 Å². The number of carbonyl (C=O) groups is 2. The van der Waals surface area contributed by atoms with Crippen molar-refractivity contribution in [1.29, 1.82) is 0 Å². The molecule has 0 radical (unpaired) electrons. The number of amides is 2. The van der Waals surface area contributed by atoms with Gasteiger partial charge in [0, 0.05) is 32.0 Å². The molecule has 0 aliphatic carbocycles. The van der Waals surface area contributed by atoms with E-state index in [1.807, 2.05) is 0 Å². The molecule has 0 atom stereocenters. The SMILES string of the molecule is C#CCn1cc(-c2cnc(C(=O)Nc3ccc(C(=O)NCCOCCN)c(Cl)c3)n2C)c(C(F)(F)F)n1. The molecule has 2 heterocycles. The Morgan fingerprint density at radius 2 is 2.03 bits per heavy atom. The summed E-state index contributed by atoms with van der Waals surface area (Å²) in [5.74, 6) is 0.926. The van der Waals surface area contributed by atoms with E-state index in [1.54, 1.807) is 0 Å². The fourth-order valence-corrected chi connectivity index (χ4v) is 3.61. The van der Waals surface area contributed by atoms with E-state index in [9.17, 15) is 22.8 Å². The van der Waals surface area contributed by atoms with E-state index >= 15 is 0 Å². The van der Waals surface area contributed by atoms with E-state index in [1.165, 1.54) is 29.8 Å². The van der Waals surface area contributed by atoms with Crippen molar-refractivity contribution in [2.75, 3.05) is 31.6 Å². The number of halogens is 4. The molecule has 0 aliphatic heterocycles. The number of ether oxygens (including phenoxy) is 1. The van der Waals surface area contributed by atoms with Crippen molar-refractivity contribution in [2.45, 2.75) is 12.7 Å². The Balaban J connectivity index is 1.75. The summed E-state index contributed by atoms with van der Waals surface area (Å²) < 4.78 is 48.0. The molecule has 0 fully saturated rings. The number of nitrogens with zero attached hydrogens (tertiary/aromatic N) is 4. The first kappa shape index (κ1) is 27.7. The molecule has 37 heavy (non-hydrogen) atoms. The summed E-state index contributed by atoms with van der Waals surface area (Å²) in [6, 6.07) is 4.25. The Morgan fingerprint density at radius 1 is 1.27 bits per heavy atom. The second-order valence-electron chi connectivity index (χ2n) is 7.62. The number of benzene rings is 1. The quantitative estimate of drug-likeness (QED) is 0.269. The average molecular weight is 538 g/mol. The van der Waals surface area contributed by atoms with Crippen LogP contribution in [0.1, 0.15) is 26.7 Å². The number of terminal acetylenes is 1. The minimum absolute atomic E-state index is 0.0150. The third kappa shape index (κ3) is 6.67.